The molecule has 0 aromatic heterocycles. The minimum atomic E-state index is -0.0226. The molecule has 2 heterocycles. The molecule has 1 aromatic rings. The van der Waals surface area contributed by atoms with Crippen molar-refractivity contribution in [1.29, 1.82) is 0 Å². The van der Waals surface area contributed by atoms with Crippen LogP contribution in [-0.2, 0) is 0 Å². The number of amides is 3. The van der Waals surface area contributed by atoms with Gasteiger partial charge >= 0.3 is 6.03 Å². The van der Waals surface area contributed by atoms with Gasteiger partial charge in [-0.2, -0.15) is 0 Å². The van der Waals surface area contributed by atoms with Crippen LogP contribution in [0.15, 0.2) is 24.3 Å². The van der Waals surface area contributed by atoms with Gasteiger partial charge in [-0.15, -0.1) is 0 Å². The standard InChI is InChI=1S/C22H34N4O2/c1-17-7-3-4-12-25(17)14-11-24-21(27)19-9-5-8-18(15-19)20-10-6-13-26(16-20)22(28)23-2/h5,8-9,15,17,20H,3-4,6-7,10-14,16H2,1-2H3,(H,23,28)(H,24,27)/t17-,20+/m0/s1. The number of carbonyl (C=O) groups excluding carboxylic acids is 2. The maximum Gasteiger partial charge on any atom is 0.317 e. The molecule has 0 aliphatic carbocycles. The highest BCUT2D eigenvalue weighted by Gasteiger charge is 2.24. The second-order valence-electron chi connectivity index (χ2n) is 8.10. The van der Waals surface area contributed by atoms with Crippen molar-refractivity contribution < 1.29 is 9.59 Å². The van der Waals surface area contributed by atoms with E-state index in [1.165, 1.54) is 19.3 Å². The normalized spacial score (nSPS) is 23.3. The van der Waals surface area contributed by atoms with Gasteiger partial charge in [-0.1, -0.05) is 18.6 Å². The third-order valence-electron chi connectivity index (χ3n) is 6.17. The van der Waals surface area contributed by atoms with E-state index in [0.29, 0.717) is 24.7 Å². The summed E-state index contributed by atoms with van der Waals surface area (Å²) in [4.78, 5) is 28.9. The van der Waals surface area contributed by atoms with E-state index in [4.69, 9.17) is 0 Å². The van der Waals surface area contributed by atoms with Gasteiger partial charge in [0.15, 0.2) is 0 Å². The van der Waals surface area contributed by atoms with E-state index < -0.39 is 0 Å². The van der Waals surface area contributed by atoms with E-state index in [1.807, 2.05) is 23.1 Å². The van der Waals surface area contributed by atoms with Crippen LogP contribution in [0.4, 0.5) is 4.79 Å². The average Bonchev–Trinajstić information content (AvgIpc) is 2.74. The van der Waals surface area contributed by atoms with Crippen molar-refractivity contribution in [3.05, 3.63) is 35.4 Å². The number of likely N-dealkylation sites (tertiary alicyclic amines) is 2. The van der Waals surface area contributed by atoms with Crippen LogP contribution in [0.3, 0.4) is 0 Å². The molecule has 2 saturated heterocycles. The maximum atomic E-state index is 12.6. The summed E-state index contributed by atoms with van der Waals surface area (Å²) in [5.41, 5.74) is 1.85. The summed E-state index contributed by atoms with van der Waals surface area (Å²) < 4.78 is 0. The van der Waals surface area contributed by atoms with Crippen molar-refractivity contribution >= 4 is 11.9 Å². The highest BCUT2D eigenvalue weighted by molar-refractivity contribution is 5.94. The number of carbonyl (C=O) groups is 2. The van der Waals surface area contributed by atoms with Crippen LogP contribution in [-0.4, -0.2) is 67.6 Å². The minimum Gasteiger partial charge on any atom is -0.351 e. The van der Waals surface area contributed by atoms with Crippen molar-refractivity contribution in [3.8, 4) is 0 Å². The summed E-state index contributed by atoms with van der Waals surface area (Å²) in [5, 5.41) is 5.79. The van der Waals surface area contributed by atoms with E-state index in [-0.39, 0.29) is 17.9 Å². The molecule has 154 valence electrons. The first-order valence-electron chi connectivity index (χ1n) is 10.7. The number of hydrogen-bond acceptors (Lipinski definition) is 3. The monoisotopic (exact) mass is 386 g/mol. The molecule has 2 fully saturated rings. The topological polar surface area (TPSA) is 64.7 Å². The summed E-state index contributed by atoms with van der Waals surface area (Å²) >= 11 is 0. The van der Waals surface area contributed by atoms with Crippen LogP contribution < -0.4 is 10.6 Å². The summed E-state index contributed by atoms with van der Waals surface area (Å²) in [5.74, 6) is 0.276. The molecule has 2 atom stereocenters. The predicted octanol–water partition coefficient (Wildman–Crippen LogP) is 2.81. The lowest BCUT2D eigenvalue weighted by atomic mass is 9.89. The zero-order valence-electron chi connectivity index (χ0n) is 17.2. The molecule has 2 N–H and O–H groups in total. The van der Waals surface area contributed by atoms with Gasteiger partial charge in [-0.05, 0) is 56.8 Å². The van der Waals surface area contributed by atoms with E-state index in [1.54, 1.807) is 7.05 Å². The molecule has 0 spiro atoms. The third-order valence-corrected chi connectivity index (χ3v) is 6.17. The van der Waals surface area contributed by atoms with Gasteiger partial charge in [0.2, 0.25) is 0 Å². The maximum absolute atomic E-state index is 12.6. The summed E-state index contributed by atoms with van der Waals surface area (Å²) in [6.07, 6.45) is 5.86. The van der Waals surface area contributed by atoms with E-state index in [2.05, 4.69) is 28.5 Å². The first kappa shape index (κ1) is 20.6. The number of nitrogens with zero attached hydrogens (tertiary/aromatic N) is 2. The number of piperidine rings is 2. The van der Waals surface area contributed by atoms with Crippen molar-refractivity contribution in [3.63, 3.8) is 0 Å². The molecule has 0 radical (unpaired) electrons. The van der Waals surface area contributed by atoms with Gasteiger partial charge in [0.1, 0.15) is 0 Å². The molecule has 0 saturated carbocycles. The lowest BCUT2D eigenvalue weighted by Gasteiger charge is -2.33. The number of urea groups is 1. The number of rotatable bonds is 5. The Morgan fingerprint density at radius 3 is 2.79 bits per heavy atom. The molecule has 0 unspecified atom stereocenters. The Bertz CT molecular complexity index is 678. The first-order valence-corrected chi connectivity index (χ1v) is 10.7. The minimum absolute atomic E-state index is 0.00882. The number of nitrogens with one attached hydrogen (secondary N) is 2. The highest BCUT2D eigenvalue weighted by Crippen LogP contribution is 2.27. The van der Waals surface area contributed by atoms with Crippen LogP contribution in [0, 0.1) is 0 Å². The highest BCUT2D eigenvalue weighted by atomic mass is 16.2. The molecule has 0 bridgehead atoms. The molecule has 3 amide bonds. The molecule has 28 heavy (non-hydrogen) atoms. The van der Waals surface area contributed by atoms with Gasteiger partial charge in [-0.3, -0.25) is 9.69 Å². The Morgan fingerprint density at radius 2 is 2.00 bits per heavy atom. The molecular weight excluding hydrogens is 352 g/mol. The van der Waals surface area contributed by atoms with Gasteiger partial charge < -0.3 is 15.5 Å². The van der Waals surface area contributed by atoms with E-state index >= 15 is 0 Å². The molecule has 6 heteroatoms. The van der Waals surface area contributed by atoms with E-state index in [9.17, 15) is 9.59 Å². The Balaban J connectivity index is 1.55. The zero-order valence-corrected chi connectivity index (χ0v) is 17.2. The Labute approximate surface area is 168 Å². The van der Waals surface area contributed by atoms with Crippen LogP contribution in [0.25, 0.3) is 0 Å². The van der Waals surface area contributed by atoms with Crippen LogP contribution in [0.5, 0.6) is 0 Å². The smallest absolute Gasteiger partial charge is 0.317 e. The Hall–Kier alpha value is -2.08. The zero-order chi connectivity index (χ0) is 19.9. The van der Waals surface area contributed by atoms with Crippen molar-refractivity contribution in [2.75, 3.05) is 39.8 Å². The third kappa shape index (κ3) is 5.25. The summed E-state index contributed by atoms with van der Waals surface area (Å²) in [6.45, 7) is 6.51. The van der Waals surface area contributed by atoms with Crippen molar-refractivity contribution in [2.24, 2.45) is 0 Å². The fourth-order valence-electron chi connectivity index (χ4n) is 4.43. The van der Waals surface area contributed by atoms with E-state index in [0.717, 1.165) is 38.0 Å². The molecule has 2 aliphatic rings. The van der Waals surface area contributed by atoms with Gasteiger partial charge in [-0.25, -0.2) is 4.79 Å². The first-order chi connectivity index (χ1) is 13.6. The molecule has 6 nitrogen and oxygen atoms in total. The Kier molecular flexibility index (Phi) is 7.31. The predicted molar refractivity (Wildman–Crippen MR) is 112 cm³/mol. The number of benzene rings is 1. The fraction of sp³-hybridized carbons (Fsp3) is 0.636. The van der Waals surface area contributed by atoms with Gasteiger partial charge in [0, 0.05) is 50.7 Å². The van der Waals surface area contributed by atoms with Crippen LogP contribution in [0.1, 0.15) is 60.9 Å². The quantitative estimate of drug-likeness (QED) is 0.818. The molecule has 2 aliphatic heterocycles. The van der Waals surface area contributed by atoms with Gasteiger partial charge in [0.05, 0.1) is 0 Å². The lowest BCUT2D eigenvalue weighted by molar-refractivity contribution is 0.0938. The van der Waals surface area contributed by atoms with Crippen molar-refractivity contribution in [1.82, 2.24) is 20.4 Å². The molecule has 1 aromatic carbocycles. The fourth-order valence-corrected chi connectivity index (χ4v) is 4.43. The Morgan fingerprint density at radius 1 is 1.14 bits per heavy atom. The largest absolute Gasteiger partial charge is 0.351 e. The summed E-state index contributed by atoms with van der Waals surface area (Å²) in [6, 6.07) is 8.49. The SMILES string of the molecule is CNC(=O)N1CCC[C@@H](c2cccc(C(=O)NCCN3CCCC[C@@H]3C)c2)C1. The second-order valence-corrected chi connectivity index (χ2v) is 8.10. The summed E-state index contributed by atoms with van der Waals surface area (Å²) in [7, 11) is 1.67. The average molecular weight is 387 g/mol. The number of hydrogen-bond donors (Lipinski definition) is 2. The van der Waals surface area contributed by atoms with Gasteiger partial charge in [0.25, 0.3) is 5.91 Å². The second kappa shape index (κ2) is 9.92. The lowest BCUT2D eigenvalue weighted by Crippen LogP contribution is -2.43. The molecular formula is C22H34N4O2. The van der Waals surface area contributed by atoms with Crippen LogP contribution >= 0.6 is 0 Å². The van der Waals surface area contributed by atoms with Crippen molar-refractivity contribution in [2.45, 2.75) is 51.0 Å². The van der Waals surface area contributed by atoms with Crippen LogP contribution in [0.2, 0.25) is 0 Å². The molecule has 3 rings (SSSR count).